The van der Waals surface area contributed by atoms with Gasteiger partial charge in [-0.1, -0.05) is 32.0 Å². The van der Waals surface area contributed by atoms with Crippen molar-refractivity contribution in [2.24, 2.45) is 0 Å². The number of hydrogen-bond donors (Lipinski definition) is 0. The molecule has 0 aromatic heterocycles. The fourth-order valence-electron chi connectivity index (χ4n) is 1.71. The van der Waals surface area contributed by atoms with E-state index in [-0.39, 0.29) is 5.78 Å². The van der Waals surface area contributed by atoms with Crippen LogP contribution in [0.2, 0.25) is 0 Å². The van der Waals surface area contributed by atoms with Gasteiger partial charge >= 0.3 is 0 Å². The van der Waals surface area contributed by atoms with Gasteiger partial charge in [-0.15, -0.1) is 11.8 Å². The number of carbonyl (C=O) groups excluding carboxylic acids is 1. The van der Waals surface area contributed by atoms with Crippen LogP contribution < -0.4 is 0 Å². The average molecular weight is 251 g/mol. The van der Waals surface area contributed by atoms with Crippen molar-refractivity contribution in [2.75, 3.05) is 25.4 Å². The molecule has 2 nitrogen and oxygen atoms in total. The van der Waals surface area contributed by atoms with Crippen molar-refractivity contribution in [1.29, 1.82) is 0 Å². The Morgan fingerprint density at radius 2 is 1.88 bits per heavy atom. The highest BCUT2D eigenvalue weighted by molar-refractivity contribution is 7.99. The molecule has 0 unspecified atom stereocenters. The Hall–Kier alpha value is -0.800. The Bertz CT molecular complexity index is 361. The molecule has 0 heterocycles. The topological polar surface area (TPSA) is 20.3 Å². The van der Waals surface area contributed by atoms with Crippen molar-refractivity contribution in [1.82, 2.24) is 4.90 Å². The predicted molar refractivity (Wildman–Crippen MR) is 75.0 cm³/mol. The van der Waals surface area contributed by atoms with Gasteiger partial charge in [0.05, 0.1) is 0 Å². The lowest BCUT2D eigenvalue weighted by Crippen LogP contribution is -2.25. The van der Waals surface area contributed by atoms with Gasteiger partial charge in [0.1, 0.15) is 0 Å². The molecule has 3 heteroatoms. The van der Waals surface area contributed by atoms with E-state index < -0.39 is 0 Å². The summed E-state index contributed by atoms with van der Waals surface area (Å²) in [6.07, 6.45) is 0. The smallest absolute Gasteiger partial charge is 0.160 e. The van der Waals surface area contributed by atoms with E-state index in [1.54, 1.807) is 18.7 Å². The van der Waals surface area contributed by atoms with Crippen LogP contribution in [-0.4, -0.2) is 36.1 Å². The molecular formula is C14H21NOS. The van der Waals surface area contributed by atoms with Crippen molar-refractivity contribution < 1.29 is 4.79 Å². The monoisotopic (exact) mass is 251 g/mol. The summed E-state index contributed by atoms with van der Waals surface area (Å²) < 4.78 is 0. The van der Waals surface area contributed by atoms with E-state index >= 15 is 0 Å². The number of nitrogens with zero attached hydrogens (tertiary/aromatic N) is 1. The van der Waals surface area contributed by atoms with E-state index in [9.17, 15) is 4.79 Å². The highest BCUT2D eigenvalue weighted by atomic mass is 32.2. The van der Waals surface area contributed by atoms with Gasteiger partial charge in [0.15, 0.2) is 5.78 Å². The quantitative estimate of drug-likeness (QED) is 0.547. The SMILES string of the molecule is CCN(CC)CCSc1ccccc1C(C)=O. The lowest BCUT2D eigenvalue weighted by Gasteiger charge is -2.17. The Kier molecular flexibility index (Phi) is 6.30. The van der Waals surface area contributed by atoms with Crippen LogP contribution in [0.4, 0.5) is 0 Å². The number of thioether (sulfide) groups is 1. The molecule has 0 aliphatic rings. The van der Waals surface area contributed by atoms with Crippen LogP contribution in [0.3, 0.4) is 0 Å². The molecule has 0 saturated heterocycles. The van der Waals surface area contributed by atoms with E-state index in [1.165, 1.54) is 0 Å². The van der Waals surface area contributed by atoms with Gasteiger partial charge in [0.25, 0.3) is 0 Å². The van der Waals surface area contributed by atoms with E-state index in [2.05, 4.69) is 18.7 Å². The zero-order valence-electron chi connectivity index (χ0n) is 10.9. The van der Waals surface area contributed by atoms with Crippen molar-refractivity contribution in [3.05, 3.63) is 29.8 Å². The minimum Gasteiger partial charge on any atom is -0.303 e. The van der Waals surface area contributed by atoms with E-state index in [4.69, 9.17) is 0 Å². The summed E-state index contributed by atoms with van der Waals surface area (Å²) in [7, 11) is 0. The molecule has 0 spiro atoms. The maximum absolute atomic E-state index is 11.5. The Morgan fingerprint density at radius 3 is 2.47 bits per heavy atom. The van der Waals surface area contributed by atoms with Crippen molar-refractivity contribution in [2.45, 2.75) is 25.7 Å². The van der Waals surface area contributed by atoms with Crippen LogP contribution in [-0.2, 0) is 0 Å². The molecule has 0 aliphatic heterocycles. The van der Waals surface area contributed by atoms with Gasteiger partial charge in [0, 0.05) is 22.8 Å². The summed E-state index contributed by atoms with van der Waals surface area (Å²) in [6.45, 7) is 9.24. The van der Waals surface area contributed by atoms with Gasteiger partial charge in [-0.25, -0.2) is 0 Å². The molecule has 0 radical (unpaired) electrons. The van der Waals surface area contributed by atoms with Crippen LogP contribution in [0.5, 0.6) is 0 Å². The van der Waals surface area contributed by atoms with Crippen molar-refractivity contribution >= 4 is 17.5 Å². The Balaban J connectivity index is 2.54. The van der Waals surface area contributed by atoms with Crippen LogP contribution >= 0.6 is 11.8 Å². The summed E-state index contributed by atoms with van der Waals surface area (Å²) in [5.74, 6) is 1.18. The largest absolute Gasteiger partial charge is 0.303 e. The van der Waals surface area contributed by atoms with E-state index in [1.807, 2.05) is 24.3 Å². The van der Waals surface area contributed by atoms with Gasteiger partial charge in [-0.3, -0.25) is 4.79 Å². The van der Waals surface area contributed by atoms with Gasteiger partial charge in [-0.2, -0.15) is 0 Å². The first-order chi connectivity index (χ1) is 8.19. The van der Waals surface area contributed by atoms with Crippen LogP contribution in [0, 0.1) is 0 Å². The van der Waals surface area contributed by atoms with Gasteiger partial charge in [-0.05, 0) is 26.1 Å². The molecule has 0 fully saturated rings. The molecule has 94 valence electrons. The molecule has 0 atom stereocenters. The fraction of sp³-hybridized carbons (Fsp3) is 0.500. The lowest BCUT2D eigenvalue weighted by atomic mass is 10.1. The molecule has 17 heavy (non-hydrogen) atoms. The predicted octanol–water partition coefficient (Wildman–Crippen LogP) is 3.32. The normalized spacial score (nSPS) is 10.8. The van der Waals surface area contributed by atoms with Crippen molar-refractivity contribution in [3.8, 4) is 0 Å². The molecular weight excluding hydrogens is 230 g/mol. The number of carbonyl (C=O) groups is 1. The standard InChI is InChI=1S/C14H21NOS/c1-4-15(5-2)10-11-17-14-9-7-6-8-13(14)12(3)16/h6-9H,4-5,10-11H2,1-3H3. The first-order valence-electron chi connectivity index (χ1n) is 6.14. The molecule has 0 N–H and O–H groups in total. The first kappa shape index (κ1) is 14.3. The number of hydrogen-bond acceptors (Lipinski definition) is 3. The third kappa shape index (κ3) is 4.52. The molecule has 0 amide bonds. The fourth-order valence-corrected chi connectivity index (χ4v) is 2.82. The second kappa shape index (κ2) is 7.51. The second-order valence-electron chi connectivity index (χ2n) is 3.93. The maximum Gasteiger partial charge on any atom is 0.160 e. The zero-order chi connectivity index (χ0) is 12.7. The molecule has 0 aliphatic carbocycles. The maximum atomic E-state index is 11.5. The summed E-state index contributed by atoms with van der Waals surface area (Å²) >= 11 is 1.77. The van der Waals surface area contributed by atoms with E-state index in [0.717, 1.165) is 35.8 Å². The van der Waals surface area contributed by atoms with Crippen LogP contribution in [0.25, 0.3) is 0 Å². The Morgan fingerprint density at radius 1 is 1.24 bits per heavy atom. The van der Waals surface area contributed by atoms with Crippen LogP contribution in [0.1, 0.15) is 31.1 Å². The summed E-state index contributed by atoms with van der Waals surface area (Å²) in [6, 6.07) is 7.85. The molecule has 1 rings (SSSR count). The minimum atomic E-state index is 0.149. The molecule has 0 saturated carbocycles. The van der Waals surface area contributed by atoms with Gasteiger partial charge in [0.2, 0.25) is 0 Å². The second-order valence-corrected chi connectivity index (χ2v) is 5.06. The van der Waals surface area contributed by atoms with Crippen LogP contribution in [0.15, 0.2) is 29.2 Å². The zero-order valence-corrected chi connectivity index (χ0v) is 11.7. The van der Waals surface area contributed by atoms with Gasteiger partial charge < -0.3 is 4.90 Å². The number of Topliss-reactive ketones (excluding diaryl/α,β-unsaturated/α-hetero) is 1. The number of rotatable bonds is 7. The minimum absolute atomic E-state index is 0.149. The molecule has 0 bridgehead atoms. The Labute approximate surface area is 108 Å². The molecule has 1 aromatic rings. The summed E-state index contributed by atoms with van der Waals surface area (Å²) in [4.78, 5) is 14.9. The first-order valence-corrected chi connectivity index (χ1v) is 7.12. The average Bonchev–Trinajstić information content (AvgIpc) is 2.35. The molecule has 1 aromatic carbocycles. The third-order valence-corrected chi connectivity index (χ3v) is 3.88. The number of benzene rings is 1. The third-order valence-electron chi connectivity index (χ3n) is 2.83. The number of ketones is 1. The van der Waals surface area contributed by atoms with E-state index in [0.29, 0.717) is 0 Å². The summed E-state index contributed by atoms with van der Waals surface area (Å²) in [5.41, 5.74) is 0.844. The highest BCUT2D eigenvalue weighted by Gasteiger charge is 2.07. The van der Waals surface area contributed by atoms with Crippen molar-refractivity contribution in [3.63, 3.8) is 0 Å². The lowest BCUT2D eigenvalue weighted by molar-refractivity contribution is 0.101. The highest BCUT2D eigenvalue weighted by Crippen LogP contribution is 2.22. The summed E-state index contributed by atoms with van der Waals surface area (Å²) in [5, 5.41) is 0.